The lowest BCUT2D eigenvalue weighted by atomic mass is 10.0. The van der Waals surface area contributed by atoms with Crippen LogP contribution in [-0.2, 0) is 0 Å². The van der Waals surface area contributed by atoms with E-state index in [-0.39, 0.29) is 0 Å². The summed E-state index contributed by atoms with van der Waals surface area (Å²) < 4.78 is 5.65. The van der Waals surface area contributed by atoms with Crippen molar-refractivity contribution >= 4 is 23.2 Å². The number of nitrogens with one attached hydrogen (secondary N) is 1. The average Bonchev–Trinajstić information content (AvgIpc) is 3.03. The van der Waals surface area contributed by atoms with Crippen molar-refractivity contribution in [3.8, 4) is 5.75 Å². The minimum atomic E-state index is 0.317. The molecule has 3 unspecified atom stereocenters. The molecule has 1 aliphatic carbocycles. The molecule has 18 heavy (non-hydrogen) atoms. The van der Waals surface area contributed by atoms with Crippen LogP contribution in [0.3, 0.4) is 0 Å². The van der Waals surface area contributed by atoms with Crippen LogP contribution < -0.4 is 10.1 Å². The second-order valence-corrected chi connectivity index (χ2v) is 6.22. The van der Waals surface area contributed by atoms with Crippen molar-refractivity contribution in [3.05, 3.63) is 27.7 Å². The van der Waals surface area contributed by atoms with Gasteiger partial charge in [0.25, 0.3) is 0 Å². The van der Waals surface area contributed by atoms with Crippen LogP contribution in [0, 0.1) is 11.8 Å². The highest BCUT2D eigenvalue weighted by molar-refractivity contribution is 6.35. The van der Waals surface area contributed by atoms with E-state index in [0.29, 0.717) is 22.7 Å². The summed E-state index contributed by atoms with van der Waals surface area (Å²) in [5.74, 6) is 2.51. The Morgan fingerprint density at radius 1 is 1.39 bits per heavy atom. The highest BCUT2D eigenvalue weighted by atomic mass is 35.5. The summed E-state index contributed by atoms with van der Waals surface area (Å²) in [6.07, 6.45) is 2.32. The van der Waals surface area contributed by atoms with Crippen LogP contribution in [0.5, 0.6) is 5.75 Å². The highest BCUT2D eigenvalue weighted by Gasteiger charge is 2.33. The van der Waals surface area contributed by atoms with Crippen molar-refractivity contribution < 1.29 is 4.74 Å². The maximum atomic E-state index is 6.17. The minimum Gasteiger partial charge on any atom is -0.492 e. The van der Waals surface area contributed by atoms with E-state index in [1.54, 1.807) is 6.07 Å². The quantitative estimate of drug-likeness (QED) is 0.904. The van der Waals surface area contributed by atoms with Crippen molar-refractivity contribution in [2.75, 3.05) is 13.2 Å². The Balaban J connectivity index is 1.77. The lowest BCUT2D eigenvalue weighted by Gasteiger charge is -2.27. The number of hydrogen-bond donors (Lipinski definition) is 1. The minimum absolute atomic E-state index is 0.317. The Morgan fingerprint density at radius 3 is 2.89 bits per heavy atom. The van der Waals surface area contributed by atoms with Gasteiger partial charge in [-0.25, -0.2) is 0 Å². The Morgan fingerprint density at radius 2 is 2.17 bits per heavy atom. The van der Waals surface area contributed by atoms with Crippen molar-refractivity contribution in [3.63, 3.8) is 0 Å². The van der Waals surface area contributed by atoms with Crippen LogP contribution >= 0.6 is 23.2 Å². The summed E-state index contributed by atoms with van der Waals surface area (Å²) in [4.78, 5) is 0. The van der Waals surface area contributed by atoms with E-state index in [0.717, 1.165) is 36.1 Å². The fraction of sp³-hybridized carbons (Fsp3) is 0.571. The molecule has 3 atom stereocenters. The average molecular weight is 286 g/mol. The first-order valence-corrected chi connectivity index (χ1v) is 7.26. The van der Waals surface area contributed by atoms with Gasteiger partial charge in [-0.3, -0.25) is 0 Å². The number of halogens is 2. The molecule has 0 saturated heterocycles. The normalized spacial score (nSPS) is 29.6. The second-order valence-electron chi connectivity index (χ2n) is 5.38. The van der Waals surface area contributed by atoms with Crippen LogP contribution in [0.25, 0.3) is 0 Å². The van der Waals surface area contributed by atoms with E-state index in [1.165, 1.54) is 6.42 Å². The molecule has 0 spiro atoms. The number of hydrogen-bond acceptors (Lipinski definition) is 2. The maximum Gasteiger partial charge on any atom is 0.142 e. The summed E-state index contributed by atoms with van der Waals surface area (Å²) in [5, 5.41) is 4.92. The van der Waals surface area contributed by atoms with Gasteiger partial charge >= 0.3 is 0 Å². The Hall–Kier alpha value is -0.440. The molecule has 1 saturated carbocycles. The third-order valence-corrected chi connectivity index (χ3v) is 4.47. The number of benzene rings is 1. The predicted molar refractivity (Wildman–Crippen MR) is 74.6 cm³/mol. The summed E-state index contributed by atoms with van der Waals surface area (Å²) in [6.45, 7) is 4.10. The van der Waals surface area contributed by atoms with Gasteiger partial charge in [0.2, 0.25) is 0 Å². The molecule has 1 aromatic carbocycles. The molecular formula is C14H17Cl2NO. The molecule has 1 aliphatic heterocycles. The molecule has 98 valence electrons. The van der Waals surface area contributed by atoms with Gasteiger partial charge in [0.1, 0.15) is 5.75 Å². The van der Waals surface area contributed by atoms with E-state index in [4.69, 9.17) is 27.9 Å². The molecule has 2 aliphatic rings. The smallest absolute Gasteiger partial charge is 0.142 e. The monoisotopic (exact) mass is 285 g/mol. The first-order chi connectivity index (χ1) is 8.65. The van der Waals surface area contributed by atoms with E-state index in [1.807, 2.05) is 6.07 Å². The number of fused-ring (bicyclic) bond motifs is 1. The van der Waals surface area contributed by atoms with E-state index in [2.05, 4.69) is 12.2 Å². The largest absolute Gasteiger partial charge is 0.492 e. The maximum absolute atomic E-state index is 6.17. The molecular weight excluding hydrogens is 269 g/mol. The fourth-order valence-corrected chi connectivity index (χ4v) is 3.18. The van der Waals surface area contributed by atoms with Gasteiger partial charge in [0, 0.05) is 23.0 Å². The molecule has 3 rings (SSSR count). The van der Waals surface area contributed by atoms with Crippen LogP contribution in [0.15, 0.2) is 12.1 Å². The molecule has 0 amide bonds. The Bertz CT molecular complexity index is 463. The molecule has 4 heteroatoms. The first-order valence-electron chi connectivity index (χ1n) is 6.50. The zero-order valence-electron chi connectivity index (χ0n) is 10.4. The summed E-state index contributed by atoms with van der Waals surface area (Å²) in [7, 11) is 0. The SMILES string of the molecule is CC1CC1CNC1CCOc2c(Cl)cc(Cl)cc21. The molecule has 0 aromatic heterocycles. The molecule has 1 N–H and O–H groups in total. The Labute approximate surface area is 118 Å². The summed E-state index contributed by atoms with van der Waals surface area (Å²) >= 11 is 12.3. The lowest BCUT2D eigenvalue weighted by molar-refractivity contribution is 0.252. The third-order valence-electron chi connectivity index (χ3n) is 3.97. The van der Waals surface area contributed by atoms with Crippen LogP contribution in [-0.4, -0.2) is 13.2 Å². The number of rotatable bonds is 3. The van der Waals surface area contributed by atoms with E-state index < -0.39 is 0 Å². The first kappa shape index (κ1) is 12.6. The van der Waals surface area contributed by atoms with Crippen molar-refractivity contribution in [1.82, 2.24) is 5.32 Å². The fourth-order valence-electron chi connectivity index (χ4n) is 2.61. The number of ether oxygens (including phenoxy) is 1. The van der Waals surface area contributed by atoms with E-state index >= 15 is 0 Å². The molecule has 1 aromatic rings. The zero-order chi connectivity index (χ0) is 12.7. The van der Waals surface area contributed by atoms with Crippen LogP contribution in [0.4, 0.5) is 0 Å². The van der Waals surface area contributed by atoms with Crippen LogP contribution in [0.2, 0.25) is 10.0 Å². The van der Waals surface area contributed by atoms with Crippen molar-refractivity contribution in [2.24, 2.45) is 11.8 Å². The lowest BCUT2D eigenvalue weighted by Crippen LogP contribution is -2.29. The van der Waals surface area contributed by atoms with Crippen molar-refractivity contribution in [1.29, 1.82) is 0 Å². The van der Waals surface area contributed by atoms with Crippen molar-refractivity contribution in [2.45, 2.75) is 25.8 Å². The highest BCUT2D eigenvalue weighted by Crippen LogP contribution is 2.41. The second kappa shape index (κ2) is 4.92. The molecule has 1 heterocycles. The third kappa shape index (κ3) is 2.47. The van der Waals surface area contributed by atoms with Gasteiger partial charge < -0.3 is 10.1 Å². The van der Waals surface area contributed by atoms with E-state index in [9.17, 15) is 0 Å². The molecule has 1 fully saturated rings. The van der Waals surface area contributed by atoms with Gasteiger partial charge in [-0.1, -0.05) is 30.1 Å². The molecule has 0 radical (unpaired) electrons. The standard InChI is InChI=1S/C14H17Cl2NO/c1-8-4-9(8)7-17-13-2-3-18-14-11(13)5-10(15)6-12(14)16/h5-6,8-9,13,17H,2-4,7H2,1H3. The molecule has 0 bridgehead atoms. The summed E-state index contributed by atoms with van der Waals surface area (Å²) in [5.41, 5.74) is 1.10. The van der Waals surface area contributed by atoms with Gasteiger partial charge in [-0.05, 0) is 36.9 Å². The van der Waals surface area contributed by atoms with Gasteiger partial charge in [-0.2, -0.15) is 0 Å². The Kier molecular flexibility index (Phi) is 3.44. The van der Waals surface area contributed by atoms with Crippen LogP contribution in [0.1, 0.15) is 31.4 Å². The van der Waals surface area contributed by atoms with Gasteiger partial charge in [0.15, 0.2) is 0 Å². The van der Waals surface area contributed by atoms with Gasteiger partial charge in [0.05, 0.1) is 11.6 Å². The topological polar surface area (TPSA) is 21.3 Å². The predicted octanol–water partition coefficient (Wildman–Crippen LogP) is 4.06. The summed E-state index contributed by atoms with van der Waals surface area (Å²) in [6, 6.07) is 4.03. The zero-order valence-corrected chi connectivity index (χ0v) is 11.9. The molecule has 2 nitrogen and oxygen atoms in total. The van der Waals surface area contributed by atoms with Gasteiger partial charge in [-0.15, -0.1) is 0 Å².